The second kappa shape index (κ2) is 9.64. The van der Waals surface area contributed by atoms with Crippen molar-refractivity contribution in [1.29, 1.82) is 0 Å². The summed E-state index contributed by atoms with van der Waals surface area (Å²) < 4.78 is 52.4. The van der Waals surface area contributed by atoms with Gasteiger partial charge in [-0.1, -0.05) is 6.07 Å². The van der Waals surface area contributed by atoms with Crippen molar-refractivity contribution in [3.63, 3.8) is 0 Å². The maximum atomic E-state index is 14.4. The van der Waals surface area contributed by atoms with Gasteiger partial charge < -0.3 is 26.6 Å². The molecule has 1 amide bonds. The molecule has 0 bridgehead atoms. The number of aliphatic hydroxyl groups is 1. The van der Waals surface area contributed by atoms with E-state index in [0.29, 0.717) is 0 Å². The van der Waals surface area contributed by atoms with Gasteiger partial charge in [0.2, 0.25) is 0 Å². The van der Waals surface area contributed by atoms with Gasteiger partial charge in [-0.05, 0) is 30.6 Å². The zero-order chi connectivity index (χ0) is 22.6. The molecule has 1 aromatic heterocycles. The van der Waals surface area contributed by atoms with Crippen LogP contribution in [0.2, 0.25) is 0 Å². The number of nitrogens with two attached hydrogens (primary N) is 2. The Morgan fingerprint density at radius 3 is 2.61 bits per heavy atom. The highest BCUT2D eigenvalue weighted by molar-refractivity contribution is 7.98. The van der Waals surface area contributed by atoms with Gasteiger partial charge in [-0.3, -0.25) is 4.79 Å². The van der Waals surface area contributed by atoms with Gasteiger partial charge in [0.25, 0.3) is 5.91 Å². The molecule has 1 aromatic carbocycles. The summed E-state index contributed by atoms with van der Waals surface area (Å²) in [6, 6.07) is 3.78. The Balaban J connectivity index is 1.91. The number of carbonyl (C=O) groups is 1. The van der Waals surface area contributed by atoms with Crippen molar-refractivity contribution in [3.8, 4) is 11.3 Å². The molecule has 0 saturated carbocycles. The number of aromatic nitrogens is 1. The molecule has 0 fully saturated rings. The fraction of sp³-hybridized carbons (Fsp3) is 0.316. The lowest BCUT2D eigenvalue weighted by Gasteiger charge is -2.28. The Morgan fingerprint density at radius 1 is 1.32 bits per heavy atom. The number of nitrogen functional groups attached to an aromatic ring is 1. The van der Waals surface area contributed by atoms with Crippen LogP contribution in [0.5, 0.6) is 0 Å². The molecule has 1 aliphatic rings. The number of ether oxygens (including phenoxy) is 1. The fourth-order valence-electron chi connectivity index (χ4n) is 2.77. The Kier molecular flexibility index (Phi) is 7.15. The number of pyridine rings is 1. The maximum Gasteiger partial charge on any atom is 0.274 e. The van der Waals surface area contributed by atoms with E-state index >= 15 is 0 Å². The summed E-state index contributed by atoms with van der Waals surface area (Å²) in [6.45, 7) is -0.0262. The van der Waals surface area contributed by atoms with E-state index in [1.807, 2.05) is 0 Å². The highest BCUT2D eigenvalue weighted by atomic mass is 32.2. The van der Waals surface area contributed by atoms with E-state index in [1.165, 1.54) is 6.21 Å². The van der Waals surface area contributed by atoms with E-state index in [1.54, 1.807) is 0 Å². The molecule has 0 spiro atoms. The number of hydrogen-bond donors (Lipinski definition) is 4. The van der Waals surface area contributed by atoms with Crippen LogP contribution in [-0.2, 0) is 4.74 Å². The van der Waals surface area contributed by atoms with Gasteiger partial charge >= 0.3 is 0 Å². The number of nitrogens with zero attached hydrogens (tertiary/aromatic N) is 2. The average molecular weight is 455 g/mol. The molecule has 0 aliphatic carbocycles. The molecule has 12 heteroatoms. The molecule has 8 nitrogen and oxygen atoms in total. The van der Waals surface area contributed by atoms with E-state index < -0.39 is 46.0 Å². The van der Waals surface area contributed by atoms with Crippen LogP contribution in [0, 0.1) is 23.4 Å². The van der Waals surface area contributed by atoms with Gasteiger partial charge in [-0.15, -0.1) is 0 Å². The van der Waals surface area contributed by atoms with Crippen molar-refractivity contribution in [1.82, 2.24) is 10.3 Å². The summed E-state index contributed by atoms with van der Waals surface area (Å²) in [5.74, 6) is -4.19. The first-order valence-corrected chi connectivity index (χ1v) is 10.1. The Hall–Kier alpha value is -2.67. The number of halogens is 3. The first-order valence-electron chi connectivity index (χ1n) is 9.14. The molecule has 166 valence electrons. The van der Waals surface area contributed by atoms with Crippen molar-refractivity contribution in [3.05, 3.63) is 47.4 Å². The highest BCUT2D eigenvalue weighted by Gasteiger charge is 2.37. The summed E-state index contributed by atoms with van der Waals surface area (Å²) in [4.78, 5) is 16.7. The summed E-state index contributed by atoms with van der Waals surface area (Å²) in [6.07, 6.45) is 1.36. The molecular formula is C19H20F3N5O3S. The van der Waals surface area contributed by atoms with E-state index in [2.05, 4.69) is 14.7 Å². The Bertz CT molecular complexity index is 986. The van der Waals surface area contributed by atoms with Crippen molar-refractivity contribution in [2.75, 3.05) is 31.2 Å². The van der Waals surface area contributed by atoms with Crippen molar-refractivity contribution < 1.29 is 27.8 Å². The van der Waals surface area contributed by atoms with E-state index in [4.69, 9.17) is 16.2 Å². The number of amides is 1. The standard InChI is InChI=1S/C19H20F3N5O3S/c20-11-2-1-3-12(21)15(11)16-13(22)4-14(24)17(26-16)18(29)27-19(8-25-31-9-19)30-7-10(5-23)6-28/h1-4,8,10,28H,5-7,9,23-24H2,(H,27,29). The minimum absolute atomic E-state index is 0.0257. The smallest absolute Gasteiger partial charge is 0.274 e. The normalized spacial score (nSPS) is 18.9. The molecule has 2 heterocycles. The van der Waals surface area contributed by atoms with Gasteiger partial charge in [-0.2, -0.15) is 0 Å². The molecule has 31 heavy (non-hydrogen) atoms. The summed E-state index contributed by atoms with van der Waals surface area (Å²) in [5.41, 5.74) is 7.76. The third kappa shape index (κ3) is 4.98. The van der Waals surface area contributed by atoms with Crippen molar-refractivity contribution >= 4 is 29.8 Å². The number of carbonyl (C=O) groups excluding carboxylic acids is 1. The lowest BCUT2D eigenvalue weighted by molar-refractivity contribution is -0.0184. The molecule has 3 rings (SSSR count). The van der Waals surface area contributed by atoms with Crippen molar-refractivity contribution in [2.45, 2.75) is 5.72 Å². The average Bonchev–Trinajstić information content (AvgIpc) is 3.18. The number of hydrogen-bond acceptors (Lipinski definition) is 8. The minimum atomic E-state index is -1.35. The van der Waals surface area contributed by atoms with Crippen LogP contribution in [0.25, 0.3) is 11.3 Å². The van der Waals surface area contributed by atoms with Gasteiger partial charge in [0.1, 0.15) is 17.3 Å². The first kappa shape index (κ1) is 23.0. The number of rotatable bonds is 8. The SMILES string of the molecule is NCC(CO)COC1(NC(=O)c2nc(-c3c(F)cccc3F)c(F)cc2N)C=NSC1. The van der Waals surface area contributed by atoms with Crippen LogP contribution >= 0.6 is 11.9 Å². The monoisotopic (exact) mass is 455 g/mol. The van der Waals surface area contributed by atoms with Crippen LogP contribution in [0.4, 0.5) is 18.9 Å². The predicted octanol–water partition coefficient (Wildman–Crippen LogP) is 1.49. The molecule has 2 atom stereocenters. The number of aliphatic hydroxyl groups excluding tert-OH is 1. The van der Waals surface area contributed by atoms with Crippen LogP contribution in [-0.4, -0.2) is 53.4 Å². The Labute approximate surface area is 180 Å². The molecule has 0 radical (unpaired) electrons. The van der Waals surface area contributed by atoms with E-state index in [0.717, 1.165) is 36.2 Å². The zero-order valence-electron chi connectivity index (χ0n) is 16.1. The summed E-state index contributed by atoms with van der Waals surface area (Å²) in [7, 11) is 0. The molecule has 0 saturated heterocycles. The lowest BCUT2D eigenvalue weighted by atomic mass is 10.1. The van der Waals surface area contributed by atoms with Gasteiger partial charge in [0.05, 0.1) is 29.8 Å². The van der Waals surface area contributed by atoms with Crippen molar-refractivity contribution in [2.24, 2.45) is 16.0 Å². The number of benzene rings is 1. The van der Waals surface area contributed by atoms with Crippen LogP contribution < -0.4 is 16.8 Å². The van der Waals surface area contributed by atoms with Gasteiger partial charge in [0.15, 0.2) is 17.2 Å². The molecular weight excluding hydrogens is 435 g/mol. The summed E-state index contributed by atoms with van der Waals surface area (Å²) in [5, 5.41) is 11.9. The second-order valence-corrected chi connectivity index (χ2v) is 7.56. The van der Waals surface area contributed by atoms with Crippen LogP contribution in [0.3, 0.4) is 0 Å². The van der Waals surface area contributed by atoms with Gasteiger partial charge in [0, 0.05) is 18.6 Å². The third-order valence-corrected chi connectivity index (χ3v) is 5.34. The van der Waals surface area contributed by atoms with Crippen LogP contribution in [0.1, 0.15) is 10.5 Å². The summed E-state index contributed by atoms with van der Waals surface area (Å²) >= 11 is 1.12. The predicted molar refractivity (Wildman–Crippen MR) is 111 cm³/mol. The molecule has 2 unspecified atom stereocenters. The molecule has 6 N–H and O–H groups in total. The van der Waals surface area contributed by atoms with E-state index in [-0.39, 0.29) is 37.1 Å². The quantitative estimate of drug-likeness (QED) is 0.350. The molecule has 2 aromatic rings. The van der Waals surface area contributed by atoms with Crippen LogP contribution in [0.15, 0.2) is 28.7 Å². The highest BCUT2D eigenvalue weighted by Crippen LogP contribution is 2.29. The maximum absolute atomic E-state index is 14.4. The first-order chi connectivity index (χ1) is 14.8. The second-order valence-electron chi connectivity index (χ2n) is 6.80. The fourth-order valence-corrected chi connectivity index (χ4v) is 3.51. The van der Waals surface area contributed by atoms with E-state index in [9.17, 15) is 23.1 Å². The Morgan fingerprint density at radius 2 is 2.03 bits per heavy atom. The minimum Gasteiger partial charge on any atom is -0.397 e. The topological polar surface area (TPSA) is 136 Å². The number of nitrogens with one attached hydrogen (secondary N) is 1. The number of anilines is 1. The largest absolute Gasteiger partial charge is 0.397 e. The zero-order valence-corrected chi connectivity index (χ0v) is 17.0. The third-order valence-electron chi connectivity index (χ3n) is 4.53. The van der Waals surface area contributed by atoms with Gasteiger partial charge in [-0.25, -0.2) is 22.6 Å². The lowest BCUT2D eigenvalue weighted by Crippen LogP contribution is -2.54. The molecule has 1 aliphatic heterocycles.